The van der Waals surface area contributed by atoms with E-state index in [0.29, 0.717) is 11.8 Å². The van der Waals surface area contributed by atoms with E-state index >= 15 is 0 Å². The van der Waals surface area contributed by atoms with Crippen molar-refractivity contribution in [2.24, 2.45) is 0 Å². The van der Waals surface area contributed by atoms with Crippen molar-refractivity contribution < 1.29 is 0 Å². The number of anilines is 4. The molecule has 0 saturated carbocycles. The molecule has 0 fully saturated rings. The van der Waals surface area contributed by atoms with Crippen LogP contribution < -0.4 is 10.6 Å². The first kappa shape index (κ1) is 15.9. The summed E-state index contributed by atoms with van der Waals surface area (Å²) in [7, 11) is 0. The molecule has 2 aromatic carbocycles. The van der Waals surface area contributed by atoms with Gasteiger partial charge in [0.2, 0.25) is 5.95 Å². The molecule has 0 aliphatic carbocycles. The lowest BCUT2D eigenvalue weighted by atomic mass is 10.1. The molecule has 3 rings (SSSR count). The summed E-state index contributed by atoms with van der Waals surface area (Å²) in [5.41, 5.74) is 6.79. The Morgan fingerprint density at radius 2 is 1.67 bits per heavy atom. The molecule has 24 heavy (non-hydrogen) atoms. The van der Waals surface area contributed by atoms with Crippen LogP contribution in [-0.4, -0.2) is 15.2 Å². The maximum atomic E-state index is 4.50. The summed E-state index contributed by atoms with van der Waals surface area (Å²) >= 11 is 0. The average molecular weight is 319 g/mol. The smallest absolute Gasteiger partial charge is 0.249 e. The van der Waals surface area contributed by atoms with Crippen molar-refractivity contribution in [3.05, 3.63) is 64.8 Å². The van der Waals surface area contributed by atoms with Crippen LogP contribution in [0.2, 0.25) is 0 Å². The van der Waals surface area contributed by atoms with E-state index in [1.165, 1.54) is 16.7 Å². The van der Waals surface area contributed by atoms with Gasteiger partial charge in [-0.2, -0.15) is 10.1 Å². The molecular weight excluding hydrogens is 298 g/mol. The molecule has 0 bridgehead atoms. The molecule has 5 nitrogen and oxygen atoms in total. The van der Waals surface area contributed by atoms with Gasteiger partial charge in [0.15, 0.2) is 5.82 Å². The van der Waals surface area contributed by atoms with Gasteiger partial charge in [-0.25, -0.2) is 0 Å². The van der Waals surface area contributed by atoms with Gasteiger partial charge in [0.25, 0.3) is 0 Å². The molecule has 122 valence electrons. The van der Waals surface area contributed by atoms with Crippen LogP contribution in [0.5, 0.6) is 0 Å². The molecule has 1 aromatic heterocycles. The molecule has 1 heterocycles. The third-order valence-electron chi connectivity index (χ3n) is 4.05. The Morgan fingerprint density at radius 3 is 2.46 bits per heavy atom. The van der Waals surface area contributed by atoms with Crippen molar-refractivity contribution in [3.63, 3.8) is 0 Å². The molecular formula is C19H21N5. The summed E-state index contributed by atoms with van der Waals surface area (Å²) in [6.07, 6.45) is 1.62. The minimum Gasteiger partial charge on any atom is -0.339 e. The van der Waals surface area contributed by atoms with Crippen molar-refractivity contribution in [2.45, 2.75) is 27.7 Å². The lowest BCUT2D eigenvalue weighted by Crippen LogP contribution is -2.04. The van der Waals surface area contributed by atoms with Crippen LogP contribution >= 0.6 is 0 Å². The van der Waals surface area contributed by atoms with Crippen LogP contribution in [0, 0.1) is 27.7 Å². The maximum absolute atomic E-state index is 4.50. The fourth-order valence-electron chi connectivity index (χ4n) is 2.52. The van der Waals surface area contributed by atoms with E-state index in [-0.39, 0.29) is 0 Å². The highest BCUT2D eigenvalue weighted by Crippen LogP contribution is 2.23. The number of nitrogens with one attached hydrogen (secondary N) is 2. The first-order valence-electron chi connectivity index (χ1n) is 7.90. The lowest BCUT2D eigenvalue weighted by Gasteiger charge is -2.12. The second kappa shape index (κ2) is 6.66. The predicted molar refractivity (Wildman–Crippen MR) is 98.2 cm³/mol. The van der Waals surface area contributed by atoms with Crippen LogP contribution in [-0.2, 0) is 0 Å². The van der Waals surface area contributed by atoms with E-state index in [0.717, 1.165) is 16.9 Å². The van der Waals surface area contributed by atoms with Gasteiger partial charge in [-0.05, 0) is 56.5 Å². The van der Waals surface area contributed by atoms with Gasteiger partial charge < -0.3 is 10.6 Å². The number of benzene rings is 2. The zero-order valence-electron chi connectivity index (χ0n) is 14.4. The fourth-order valence-corrected chi connectivity index (χ4v) is 2.52. The third-order valence-corrected chi connectivity index (χ3v) is 4.05. The Kier molecular flexibility index (Phi) is 4.42. The first-order chi connectivity index (χ1) is 11.5. The van der Waals surface area contributed by atoms with Crippen LogP contribution in [0.15, 0.2) is 42.6 Å². The molecule has 0 atom stereocenters. The summed E-state index contributed by atoms with van der Waals surface area (Å²) in [6.45, 7) is 8.30. The molecule has 0 saturated heterocycles. The quantitative estimate of drug-likeness (QED) is 0.736. The Bertz CT molecular complexity index is 873. The summed E-state index contributed by atoms with van der Waals surface area (Å²) in [4.78, 5) is 4.50. The number of hydrogen-bond acceptors (Lipinski definition) is 5. The largest absolute Gasteiger partial charge is 0.339 e. The third kappa shape index (κ3) is 3.51. The molecule has 0 aliphatic heterocycles. The average Bonchev–Trinajstić information content (AvgIpc) is 2.55. The SMILES string of the molecule is Cc1ccc(Nc2cnnc(Nc3cccc(C)c3C)n2)c(C)c1. The maximum Gasteiger partial charge on any atom is 0.249 e. The van der Waals surface area contributed by atoms with Crippen molar-refractivity contribution in [1.29, 1.82) is 0 Å². The number of rotatable bonds is 4. The molecule has 0 aliphatic rings. The topological polar surface area (TPSA) is 62.7 Å². The van der Waals surface area contributed by atoms with E-state index in [4.69, 9.17) is 0 Å². The van der Waals surface area contributed by atoms with Gasteiger partial charge in [-0.15, -0.1) is 5.10 Å². The molecule has 0 spiro atoms. The van der Waals surface area contributed by atoms with Gasteiger partial charge >= 0.3 is 0 Å². The van der Waals surface area contributed by atoms with Gasteiger partial charge in [-0.3, -0.25) is 0 Å². The van der Waals surface area contributed by atoms with Crippen molar-refractivity contribution >= 4 is 23.1 Å². The van der Waals surface area contributed by atoms with E-state index in [9.17, 15) is 0 Å². The number of nitrogens with zero attached hydrogens (tertiary/aromatic N) is 3. The standard InChI is InChI=1S/C19H21N5/c1-12-8-9-16(14(3)10-12)21-18-11-20-24-19(23-18)22-17-7-5-6-13(2)15(17)4/h5-11H,1-4H3,(H2,21,22,23,24). The summed E-state index contributed by atoms with van der Waals surface area (Å²) < 4.78 is 0. The zero-order chi connectivity index (χ0) is 17.1. The minimum atomic E-state index is 0.471. The monoisotopic (exact) mass is 319 g/mol. The Labute approximate surface area is 142 Å². The number of aryl methyl sites for hydroxylation is 3. The number of aromatic nitrogens is 3. The van der Waals surface area contributed by atoms with Crippen LogP contribution in [0.1, 0.15) is 22.3 Å². The molecule has 0 radical (unpaired) electrons. The van der Waals surface area contributed by atoms with E-state index in [1.54, 1.807) is 6.20 Å². The predicted octanol–water partition coefficient (Wildman–Crippen LogP) is 4.59. The molecule has 5 heteroatoms. The van der Waals surface area contributed by atoms with E-state index in [2.05, 4.69) is 71.7 Å². The van der Waals surface area contributed by atoms with Crippen molar-refractivity contribution in [3.8, 4) is 0 Å². The highest BCUT2D eigenvalue weighted by molar-refractivity contribution is 5.63. The summed E-state index contributed by atoms with van der Waals surface area (Å²) in [6, 6.07) is 12.3. The fraction of sp³-hybridized carbons (Fsp3) is 0.211. The van der Waals surface area contributed by atoms with Gasteiger partial charge in [0, 0.05) is 11.4 Å². The Balaban J connectivity index is 1.82. The Morgan fingerprint density at radius 1 is 0.833 bits per heavy atom. The van der Waals surface area contributed by atoms with E-state index < -0.39 is 0 Å². The molecule has 0 amide bonds. The summed E-state index contributed by atoms with van der Waals surface area (Å²) in [5, 5.41) is 14.6. The van der Waals surface area contributed by atoms with Gasteiger partial charge in [0.05, 0.1) is 6.20 Å². The lowest BCUT2D eigenvalue weighted by molar-refractivity contribution is 0.981. The van der Waals surface area contributed by atoms with Gasteiger partial charge in [-0.1, -0.05) is 29.8 Å². The minimum absolute atomic E-state index is 0.471. The highest BCUT2D eigenvalue weighted by Gasteiger charge is 2.06. The number of hydrogen-bond donors (Lipinski definition) is 2. The zero-order valence-corrected chi connectivity index (χ0v) is 14.4. The Hall–Kier alpha value is -2.95. The first-order valence-corrected chi connectivity index (χ1v) is 7.90. The molecule has 2 N–H and O–H groups in total. The van der Waals surface area contributed by atoms with Crippen LogP contribution in [0.3, 0.4) is 0 Å². The normalized spacial score (nSPS) is 10.5. The van der Waals surface area contributed by atoms with Crippen molar-refractivity contribution in [2.75, 3.05) is 10.6 Å². The highest BCUT2D eigenvalue weighted by atomic mass is 15.3. The van der Waals surface area contributed by atoms with Crippen LogP contribution in [0.4, 0.5) is 23.1 Å². The van der Waals surface area contributed by atoms with E-state index in [1.807, 2.05) is 18.2 Å². The molecule has 0 unspecified atom stereocenters. The van der Waals surface area contributed by atoms with Crippen LogP contribution in [0.25, 0.3) is 0 Å². The summed E-state index contributed by atoms with van der Waals surface area (Å²) in [5.74, 6) is 1.13. The van der Waals surface area contributed by atoms with Gasteiger partial charge in [0.1, 0.15) is 0 Å². The second-order valence-corrected chi connectivity index (χ2v) is 5.98. The molecule has 3 aromatic rings. The van der Waals surface area contributed by atoms with Crippen molar-refractivity contribution in [1.82, 2.24) is 15.2 Å². The second-order valence-electron chi connectivity index (χ2n) is 5.98.